The molecular formula is C14H27N. The van der Waals surface area contributed by atoms with Crippen LogP contribution in [0.25, 0.3) is 0 Å². The molecule has 0 aromatic heterocycles. The molecule has 0 saturated heterocycles. The molecule has 0 bridgehead atoms. The molecule has 15 heavy (non-hydrogen) atoms. The third kappa shape index (κ3) is 2.94. The van der Waals surface area contributed by atoms with Crippen molar-refractivity contribution in [2.45, 2.75) is 47.0 Å². The molecule has 1 heteroatoms. The second-order valence-corrected chi connectivity index (χ2v) is 4.06. The monoisotopic (exact) mass is 209 g/mol. The molecule has 1 nitrogen and oxygen atoms in total. The highest BCUT2D eigenvalue weighted by atomic mass is 14.8. The first kappa shape index (κ1) is 14.4. The molecule has 1 rings (SSSR count). The molecule has 0 fully saturated rings. The van der Waals surface area contributed by atoms with Crippen molar-refractivity contribution in [3.63, 3.8) is 0 Å². The van der Waals surface area contributed by atoms with E-state index in [-0.39, 0.29) is 0 Å². The Kier molecular flexibility index (Phi) is 6.58. The Morgan fingerprint density at radius 1 is 1.47 bits per heavy atom. The summed E-state index contributed by atoms with van der Waals surface area (Å²) in [7, 11) is 2.03. The third-order valence-electron chi connectivity index (χ3n) is 3.41. The summed E-state index contributed by atoms with van der Waals surface area (Å²) in [5.74, 6) is 0. The average Bonchev–Trinajstić information content (AvgIpc) is 2.59. The van der Waals surface area contributed by atoms with Crippen LogP contribution in [0.3, 0.4) is 0 Å². The van der Waals surface area contributed by atoms with E-state index >= 15 is 0 Å². The van der Waals surface area contributed by atoms with E-state index in [1.807, 2.05) is 20.9 Å². The molecule has 0 aromatic carbocycles. The predicted octanol–water partition coefficient (Wildman–Crippen LogP) is 3.92. The van der Waals surface area contributed by atoms with Crippen molar-refractivity contribution in [3.8, 4) is 0 Å². The largest absolute Gasteiger partial charge is 0.319 e. The molecule has 0 saturated carbocycles. The van der Waals surface area contributed by atoms with Crippen LogP contribution in [0.15, 0.2) is 23.8 Å². The molecule has 0 amide bonds. The predicted molar refractivity (Wildman–Crippen MR) is 70.1 cm³/mol. The minimum atomic E-state index is 0.376. The SMILES string of the molecule is C=CC1=C(C)CCC1(CC)CNC.CC. The van der Waals surface area contributed by atoms with Crippen molar-refractivity contribution >= 4 is 0 Å². The number of allylic oxidation sites excluding steroid dienone is 2. The van der Waals surface area contributed by atoms with Gasteiger partial charge in [0.25, 0.3) is 0 Å². The number of hydrogen-bond donors (Lipinski definition) is 1. The Labute approximate surface area is 95.7 Å². The number of nitrogens with one attached hydrogen (secondary N) is 1. The van der Waals surface area contributed by atoms with Crippen LogP contribution in [0.1, 0.15) is 47.0 Å². The molecule has 1 aliphatic carbocycles. The lowest BCUT2D eigenvalue weighted by atomic mass is 9.78. The maximum atomic E-state index is 3.93. The van der Waals surface area contributed by atoms with Crippen LogP contribution >= 0.6 is 0 Å². The maximum Gasteiger partial charge on any atom is 0.00773 e. The van der Waals surface area contributed by atoms with E-state index in [4.69, 9.17) is 0 Å². The summed E-state index contributed by atoms with van der Waals surface area (Å²) >= 11 is 0. The zero-order chi connectivity index (χ0) is 11.9. The number of hydrogen-bond acceptors (Lipinski definition) is 1. The molecule has 0 spiro atoms. The average molecular weight is 209 g/mol. The molecule has 1 unspecified atom stereocenters. The van der Waals surface area contributed by atoms with Crippen LogP contribution in [-0.2, 0) is 0 Å². The van der Waals surface area contributed by atoms with Crippen molar-refractivity contribution in [3.05, 3.63) is 23.8 Å². The summed E-state index contributed by atoms with van der Waals surface area (Å²) in [6.07, 6.45) is 5.81. The van der Waals surface area contributed by atoms with E-state index in [9.17, 15) is 0 Å². The van der Waals surface area contributed by atoms with E-state index in [2.05, 4.69) is 31.8 Å². The lowest BCUT2D eigenvalue weighted by Crippen LogP contribution is -2.31. The summed E-state index contributed by atoms with van der Waals surface area (Å²) in [4.78, 5) is 0. The van der Waals surface area contributed by atoms with Crippen LogP contribution in [-0.4, -0.2) is 13.6 Å². The fourth-order valence-electron chi connectivity index (χ4n) is 2.55. The van der Waals surface area contributed by atoms with Gasteiger partial charge in [0.05, 0.1) is 0 Å². The Morgan fingerprint density at radius 2 is 2.07 bits per heavy atom. The van der Waals surface area contributed by atoms with Gasteiger partial charge in [-0.2, -0.15) is 0 Å². The highest BCUT2D eigenvalue weighted by Crippen LogP contribution is 2.45. The molecule has 88 valence electrons. The minimum Gasteiger partial charge on any atom is -0.319 e. The standard InChI is InChI=1S/C12H21N.C2H6/c1-5-11-10(3)7-8-12(11,6-2)9-13-4;1-2/h5,13H,1,6-9H2,2-4H3;1-2H3. The van der Waals surface area contributed by atoms with Crippen molar-refractivity contribution < 1.29 is 0 Å². The topological polar surface area (TPSA) is 12.0 Å². The molecule has 0 heterocycles. The molecule has 0 aromatic rings. The van der Waals surface area contributed by atoms with Crippen LogP contribution in [0.2, 0.25) is 0 Å². The van der Waals surface area contributed by atoms with Crippen molar-refractivity contribution in [2.75, 3.05) is 13.6 Å². The van der Waals surface area contributed by atoms with Gasteiger partial charge in [0.1, 0.15) is 0 Å². The van der Waals surface area contributed by atoms with Crippen molar-refractivity contribution in [2.24, 2.45) is 5.41 Å². The fourth-order valence-corrected chi connectivity index (χ4v) is 2.55. The number of rotatable bonds is 4. The second kappa shape index (κ2) is 6.84. The highest BCUT2D eigenvalue weighted by molar-refractivity contribution is 5.35. The van der Waals surface area contributed by atoms with Crippen LogP contribution < -0.4 is 5.32 Å². The van der Waals surface area contributed by atoms with Gasteiger partial charge in [-0.1, -0.05) is 39.0 Å². The summed E-state index contributed by atoms with van der Waals surface area (Å²) in [6.45, 7) is 13.5. The summed E-state index contributed by atoms with van der Waals surface area (Å²) in [6, 6.07) is 0. The maximum absolute atomic E-state index is 3.93. The summed E-state index contributed by atoms with van der Waals surface area (Å²) < 4.78 is 0. The molecule has 0 radical (unpaired) electrons. The zero-order valence-corrected chi connectivity index (χ0v) is 11.1. The first-order valence-electron chi connectivity index (χ1n) is 6.17. The molecule has 0 aliphatic heterocycles. The van der Waals surface area contributed by atoms with Gasteiger partial charge < -0.3 is 5.32 Å². The van der Waals surface area contributed by atoms with Gasteiger partial charge in [-0.3, -0.25) is 0 Å². The molecule has 1 N–H and O–H groups in total. The second-order valence-electron chi connectivity index (χ2n) is 4.06. The van der Waals surface area contributed by atoms with E-state index in [1.165, 1.54) is 30.4 Å². The third-order valence-corrected chi connectivity index (χ3v) is 3.41. The smallest absolute Gasteiger partial charge is 0.00773 e. The Balaban J connectivity index is 0.000000921. The minimum absolute atomic E-state index is 0.376. The van der Waals surface area contributed by atoms with Gasteiger partial charge in [-0.15, -0.1) is 0 Å². The van der Waals surface area contributed by atoms with Crippen LogP contribution in [0.4, 0.5) is 0 Å². The van der Waals surface area contributed by atoms with Gasteiger partial charge in [-0.25, -0.2) is 0 Å². The van der Waals surface area contributed by atoms with E-state index in [0.29, 0.717) is 5.41 Å². The van der Waals surface area contributed by atoms with Crippen molar-refractivity contribution in [1.82, 2.24) is 5.32 Å². The molecular weight excluding hydrogens is 182 g/mol. The summed E-state index contributed by atoms with van der Waals surface area (Å²) in [5, 5.41) is 3.30. The van der Waals surface area contributed by atoms with E-state index in [1.54, 1.807) is 0 Å². The lowest BCUT2D eigenvalue weighted by molar-refractivity contribution is 0.333. The normalized spacial score (nSPS) is 24.9. The fraction of sp³-hybridized carbons (Fsp3) is 0.714. The molecule has 1 aliphatic rings. The van der Waals surface area contributed by atoms with Gasteiger partial charge in [-0.05, 0) is 38.8 Å². The highest BCUT2D eigenvalue weighted by Gasteiger charge is 2.35. The first-order chi connectivity index (χ1) is 7.20. The van der Waals surface area contributed by atoms with Crippen LogP contribution in [0, 0.1) is 5.41 Å². The Morgan fingerprint density at radius 3 is 2.47 bits per heavy atom. The Hall–Kier alpha value is -0.560. The quantitative estimate of drug-likeness (QED) is 0.740. The Bertz CT molecular complexity index is 227. The summed E-state index contributed by atoms with van der Waals surface area (Å²) in [5.41, 5.74) is 3.40. The molecule has 1 atom stereocenters. The van der Waals surface area contributed by atoms with Crippen LogP contribution in [0.5, 0.6) is 0 Å². The zero-order valence-electron chi connectivity index (χ0n) is 11.1. The van der Waals surface area contributed by atoms with E-state index in [0.717, 1.165) is 6.54 Å². The van der Waals surface area contributed by atoms with Gasteiger partial charge in [0.15, 0.2) is 0 Å². The van der Waals surface area contributed by atoms with Crippen molar-refractivity contribution in [1.29, 1.82) is 0 Å². The van der Waals surface area contributed by atoms with Gasteiger partial charge in [0.2, 0.25) is 0 Å². The van der Waals surface area contributed by atoms with Gasteiger partial charge >= 0.3 is 0 Å². The van der Waals surface area contributed by atoms with E-state index < -0.39 is 0 Å². The first-order valence-corrected chi connectivity index (χ1v) is 6.17. The van der Waals surface area contributed by atoms with Gasteiger partial charge in [0, 0.05) is 12.0 Å². The lowest BCUT2D eigenvalue weighted by Gasteiger charge is -2.30.